The van der Waals surface area contributed by atoms with Crippen LogP contribution < -0.4 is 5.32 Å². The van der Waals surface area contributed by atoms with Crippen molar-refractivity contribution < 1.29 is 14.5 Å². The number of benzene rings is 2. The van der Waals surface area contributed by atoms with E-state index in [9.17, 15) is 20.2 Å². The van der Waals surface area contributed by atoms with Gasteiger partial charge in [-0.05, 0) is 35.6 Å². The van der Waals surface area contributed by atoms with Crippen molar-refractivity contribution >= 4 is 17.3 Å². The molecular formula is C21H17N3O4. The van der Waals surface area contributed by atoms with Crippen LogP contribution in [0.2, 0.25) is 0 Å². The van der Waals surface area contributed by atoms with Crippen molar-refractivity contribution in [1.29, 1.82) is 5.26 Å². The molecule has 4 rings (SSSR count). The topological polar surface area (TPSA) is 105 Å². The molecule has 2 aromatic rings. The number of fused-ring (bicyclic) bond motifs is 3. The van der Waals surface area contributed by atoms with E-state index in [1.807, 2.05) is 12.1 Å². The van der Waals surface area contributed by atoms with Crippen LogP contribution in [0, 0.1) is 27.4 Å². The van der Waals surface area contributed by atoms with E-state index < -0.39 is 10.9 Å². The SMILES string of the molecule is COC(=O)c1ccc([C@@H]2Nc3c(C#N)cc([N+](=O)[O-])cc3[C@@H]3C=CC[C@@H]32)cc1. The number of carbonyl (C=O) groups excluding carboxylic acids is 1. The third kappa shape index (κ3) is 2.79. The Morgan fingerprint density at radius 3 is 2.71 bits per heavy atom. The second kappa shape index (κ2) is 6.82. The number of hydrogen-bond acceptors (Lipinski definition) is 6. The lowest BCUT2D eigenvalue weighted by molar-refractivity contribution is -0.384. The van der Waals surface area contributed by atoms with Crippen LogP contribution >= 0.6 is 0 Å². The van der Waals surface area contributed by atoms with Crippen LogP contribution in [0.3, 0.4) is 0 Å². The molecule has 7 nitrogen and oxygen atoms in total. The highest BCUT2D eigenvalue weighted by atomic mass is 16.6. The molecule has 0 amide bonds. The van der Waals surface area contributed by atoms with Crippen molar-refractivity contribution in [3.63, 3.8) is 0 Å². The van der Waals surface area contributed by atoms with Crippen molar-refractivity contribution in [2.75, 3.05) is 12.4 Å². The van der Waals surface area contributed by atoms with E-state index in [2.05, 4.69) is 23.5 Å². The molecule has 0 unspecified atom stereocenters. The van der Waals surface area contributed by atoms with Gasteiger partial charge in [0.05, 0.1) is 34.9 Å². The molecule has 0 radical (unpaired) electrons. The molecule has 0 bridgehead atoms. The van der Waals surface area contributed by atoms with Crippen LogP contribution in [0.1, 0.15) is 45.4 Å². The van der Waals surface area contributed by atoms with E-state index in [0.717, 1.165) is 17.5 Å². The first-order chi connectivity index (χ1) is 13.5. The summed E-state index contributed by atoms with van der Waals surface area (Å²) in [6, 6.07) is 12.1. The van der Waals surface area contributed by atoms with Gasteiger partial charge >= 0.3 is 5.97 Å². The zero-order valence-corrected chi connectivity index (χ0v) is 15.1. The third-order valence-corrected chi connectivity index (χ3v) is 5.48. The lowest BCUT2D eigenvalue weighted by atomic mass is 9.76. The molecule has 1 aliphatic carbocycles. The zero-order valence-electron chi connectivity index (χ0n) is 15.1. The van der Waals surface area contributed by atoms with E-state index in [4.69, 9.17) is 4.74 Å². The summed E-state index contributed by atoms with van der Waals surface area (Å²) in [6.07, 6.45) is 4.96. The Hall–Kier alpha value is -3.66. The van der Waals surface area contributed by atoms with Gasteiger partial charge in [-0.3, -0.25) is 10.1 Å². The number of nitriles is 1. The Morgan fingerprint density at radius 2 is 2.07 bits per heavy atom. The van der Waals surface area contributed by atoms with Gasteiger partial charge in [0.1, 0.15) is 6.07 Å². The fourth-order valence-corrected chi connectivity index (χ4v) is 4.15. The number of nitro groups is 1. The minimum absolute atomic E-state index is 0.00599. The highest BCUT2D eigenvalue weighted by Crippen LogP contribution is 2.51. The van der Waals surface area contributed by atoms with Gasteiger partial charge in [0, 0.05) is 18.1 Å². The molecule has 1 heterocycles. The van der Waals surface area contributed by atoms with Crippen LogP contribution in [-0.4, -0.2) is 18.0 Å². The number of rotatable bonds is 3. The summed E-state index contributed by atoms with van der Waals surface area (Å²) in [5.41, 5.74) is 3.07. The Bertz CT molecular complexity index is 1040. The van der Waals surface area contributed by atoms with E-state index in [1.54, 1.807) is 18.2 Å². The molecule has 2 aliphatic rings. The number of allylic oxidation sites excluding steroid dienone is 2. The maximum atomic E-state index is 11.7. The number of methoxy groups -OCH3 is 1. The van der Waals surface area contributed by atoms with Gasteiger partial charge in [-0.1, -0.05) is 24.3 Å². The summed E-state index contributed by atoms with van der Waals surface area (Å²) in [5, 5.41) is 24.2. The lowest BCUT2D eigenvalue weighted by Gasteiger charge is -2.37. The van der Waals surface area contributed by atoms with Crippen molar-refractivity contribution in [2.24, 2.45) is 5.92 Å². The van der Waals surface area contributed by atoms with Gasteiger partial charge < -0.3 is 10.1 Å². The fourth-order valence-electron chi connectivity index (χ4n) is 4.15. The maximum absolute atomic E-state index is 11.7. The van der Waals surface area contributed by atoms with Gasteiger partial charge in [0.2, 0.25) is 0 Å². The minimum atomic E-state index is -0.466. The predicted molar refractivity (Wildman–Crippen MR) is 102 cm³/mol. The lowest BCUT2D eigenvalue weighted by Crippen LogP contribution is -2.29. The van der Waals surface area contributed by atoms with Crippen molar-refractivity contribution in [2.45, 2.75) is 18.4 Å². The second-order valence-corrected chi connectivity index (χ2v) is 6.92. The number of nitrogens with zero attached hydrogens (tertiary/aromatic N) is 2. The van der Waals surface area contributed by atoms with Crippen molar-refractivity contribution in [3.8, 4) is 6.07 Å². The number of ether oxygens (including phenoxy) is 1. The quantitative estimate of drug-likeness (QED) is 0.375. The molecule has 0 aromatic heterocycles. The maximum Gasteiger partial charge on any atom is 0.337 e. The Balaban J connectivity index is 1.77. The number of hydrogen-bond donors (Lipinski definition) is 1. The van der Waals surface area contributed by atoms with Gasteiger partial charge in [0.25, 0.3) is 5.69 Å². The molecule has 0 fully saturated rings. The molecule has 28 heavy (non-hydrogen) atoms. The molecule has 1 N–H and O–H groups in total. The van der Waals surface area contributed by atoms with Gasteiger partial charge in [-0.2, -0.15) is 5.26 Å². The number of anilines is 1. The normalized spacial score (nSPS) is 21.8. The first-order valence-corrected chi connectivity index (χ1v) is 8.87. The Labute approximate surface area is 161 Å². The van der Waals surface area contributed by atoms with E-state index in [0.29, 0.717) is 11.3 Å². The van der Waals surface area contributed by atoms with E-state index >= 15 is 0 Å². The van der Waals surface area contributed by atoms with Gasteiger partial charge in [-0.15, -0.1) is 0 Å². The third-order valence-electron chi connectivity index (χ3n) is 5.48. The molecular weight excluding hydrogens is 358 g/mol. The van der Waals surface area contributed by atoms with Crippen LogP contribution in [0.15, 0.2) is 48.6 Å². The summed E-state index contributed by atoms with van der Waals surface area (Å²) >= 11 is 0. The largest absolute Gasteiger partial charge is 0.465 e. The average Bonchev–Trinajstić information content (AvgIpc) is 3.22. The Morgan fingerprint density at radius 1 is 1.32 bits per heavy atom. The number of esters is 1. The summed E-state index contributed by atoms with van der Waals surface area (Å²) in [6.45, 7) is 0. The minimum Gasteiger partial charge on any atom is -0.465 e. The predicted octanol–water partition coefficient (Wildman–Crippen LogP) is 4.08. The van der Waals surface area contributed by atoms with Crippen molar-refractivity contribution in [1.82, 2.24) is 0 Å². The van der Waals surface area contributed by atoms with Gasteiger partial charge in [0.15, 0.2) is 0 Å². The smallest absolute Gasteiger partial charge is 0.337 e. The van der Waals surface area contributed by atoms with Crippen LogP contribution in [0.4, 0.5) is 11.4 Å². The monoisotopic (exact) mass is 375 g/mol. The summed E-state index contributed by atoms with van der Waals surface area (Å²) in [5.74, 6) is -0.230. The molecule has 140 valence electrons. The van der Waals surface area contributed by atoms with E-state index in [1.165, 1.54) is 13.2 Å². The molecule has 7 heteroatoms. The number of non-ortho nitro benzene ring substituents is 1. The molecule has 2 aromatic carbocycles. The van der Waals surface area contributed by atoms with Crippen LogP contribution in [0.5, 0.6) is 0 Å². The number of nitrogens with one attached hydrogen (secondary N) is 1. The fraction of sp³-hybridized carbons (Fsp3) is 0.238. The van der Waals surface area contributed by atoms with Crippen molar-refractivity contribution in [3.05, 3.63) is 80.9 Å². The summed E-state index contributed by atoms with van der Waals surface area (Å²) in [4.78, 5) is 22.5. The highest BCUT2D eigenvalue weighted by Gasteiger charge is 2.39. The Kier molecular flexibility index (Phi) is 4.32. The number of carbonyl (C=O) groups is 1. The van der Waals surface area contributed by atoms with Crippen LogP contribution in [0.25, 0.3) is 0 Å². The highest BCUT2D eigenvalue weighted by molar-refractivity contribution is 5.89. The van der Waals surface area contributed by atoms with Crippen LogP contribution in [-0.2, 0) is 4.74 Å². The summed E-state index contributed by atoms with van der Waals surface area (Å²) < 4.78 is 4.74. The molecule has 0 spiro atoms. The van der Waals surface area contributed by atoms with Gasteiger partial charge in [-0.25, -0.2) is 4.79 Å². The molecule has 0 saturated heterocycles. The standard InChI is InChI=1S/C21H17N3O4/c1-28-21(25)13-7-5-12(6-8-13)19-17-4-2-3-16(17)18-10-15(24(26)27)9-14(11-22)20(18)23-19/h2-3,5-10,16-17,19,23H,4H2,1H3/t16-,17+,19+/m1/s1. The second-order valence-electron chi connectivity index (χ2n) is 6.92. The number of nitro benzene ring substituents is 1. The molecule has 0 saturated carbocycles. The molecule has 1 aliphatic heterocycles. The summed E-state index contributed by atoms with van der Waals surface area (Å²) in [7, 11) is 1.34. The first kappa shape index (κ1) is 17.7. The van der Waals surface area contributed by atoms with E-state index in [-0.39, 0.29) is 29.1 Å². The zero-order chi connectivity index (χ0) is 19.8. The molecule has 3 atom stereocenters. The first-order valence-electron chi connectivity index (χ1n) is 8.87. The average molecular weight is 375 g/mol.